The summed E-state index contributed by atoms with van der Waals surface area (Å²) in [5, 5.41) is 15.7. The molecule has 1 aliphatic rings. The number of fused-ring (bicyclic) bond motifs is 30. The second-order valence-corrected chi connectivity index (χ2v) is 40.5. The van der Waals surface area contributed by atoms with E-state index in [0.29, 0.717) is 5.82 Å². The van der Waals surface area contributed by atoms with Crippen LogP contribution in [0, 0.1) is 0 Å². The molecule has 0 N–H and O–H groups in total. The molecule has 30 aromatic rings. The number of furan rings is 1. The van der Waals surface area contributed by atoms with Crippen LogP contribution in [0.4, 0.5) is 0 Å². The van der Waals surface area contributed by atoms with Crippen molar-refractivity contribution in [2.24, 2.45) is 0 Å². The number of thiophene rings is 3. The summed E-state index contributed by atoms with van der Waals surface area (Å²) in [7, 11) is 0. The fourth-order valence-corrected chi connectivity index (χ4v) is 26.1. The van der Waals surface area contributed by atoms with Crippen LogP contribution in [0.15, 0.2) is 453 Å². The van der Waals surface area contributed by atoms with Gasteiger partial charge in [0.25, 0.3) is 0 Å². The highest BCUT2D eigenvalue weighted by Crippen LogP contribution is 2.55. The van der Waals surface area contributed by atoms with E-state index in [1.54, 1.807) is 34.0 Å². The highest BCUT2D eigenvalue weighted by molar-refractivity contribution is 7.27. The lowest BCUT2D eigenvalue weighted by Crippen LogP contribution is -2.15. The van der Waals surface area contributed by atoms with Gasteiger partial charge in [-0.3, -0.25) is 0 Å². The standard InChI is InChI=1S/C46H28N4S.C43H29N3S.C40H23N3OS/c1-3-13-29(14-4-1)42-45-43(36-19-9-12-22-40(36)51-45)48-46(47-42)30-23-25-32(26-24-30)49-38-21-11-8-18-35(38)41-39(49)28-27-34-33-17-7-10-20-37(33)50(44(34)41)31-15-5-2-6-16-31;1-43(2)33-17-9-6-14-29(33)30-24-25-35-37(38(30)43)31-15-7-10-18-34(31)46(35)28-22-20-27(21-23-28)42-44-39(26-12-4-3-5-13-26)41-40(45-42)32-16-8-11-19-36(32)47-41;1-2-11-24(12-3-1)36-39-37(30-17-6-9-20-34(30)45-39)42-40(41-36)25-13-10-14-26(23-25)43-31-18-7-4-16-29(31)35-32(43)22-21-28-27-15-5-8-19-33(27)44-38(28)35/h1-28H;3-25H,1-2H3;1-23H. The molecule has 0 atom stereocenters. The van der Waals surface area contributed by atoms with Gasteiger partial charge in [0.05, 0.1) is 97.3 Å². The van der Waals surface area contributed by atoms with E-state index in [-0.39, 0.29) is 5.41 Å². The summed E-state index contributed by atoms with van der Waals surface area (Å²) in [6, 6.07) is 159. The second-order valence-electron chi connectivity index (χ2n) is 37.3. The Bertz CT molecular complexity index is 10500. The Balaban J connectivity index is 0.000000102. The SMILES string of the molecule is CC1(C)c2ccccc2-c2ccc3c(c21)c1ccccc1n3-c1ccc(-c2nc(-c3ccccc3)c3sc4ccccc4c3n2)cc1.c1ccc(-c2nc(-c3ccc(-n4c5ccccc5c5c4ccc4c6ccccc6n(-c6ccccc6)c45)cc3)nc3c2sc2ccccc23)cc1.c1ccc(-c2nc(-c3cccc(-n4c5ccccc5c5c6oc7ccccc7c6ccc54)c3)nc3c2sc2ccccc23)cc1. The van der Waals surface area contributed by atoms with Crippen LogP contribution < -0.4 is 0 Å². The van der Waals surface area contributed by atoms with Crippen LogP contribution in [0.3, 0.4) is 0 Å². The Morgan fingerprint density at radius 2 is 0.594 bits per heavy atom. The number of para-hydroxylation sites is 6. The van der Waals surface area contributed by atoms with Crippen molar-refractivity contribution in [1.29, 1.82) is 0 Å². The average molecular weight is 1880 g/mol. The molecule has 143 heavy (non-hydrogen) atoms. The van der Waals surface area contributed by atoms with Gasteiger partial charge in [-0.05, 0) is 168 Å². The molecule has 0 unspecified atom stereocenters. The quantitative estimate of drug-likeness (QED) is 0.134. The van der Waals surface area contributed by atoms with Crippen LogP contribution in [0.1, 0.15) is 25.0 Å². The maximum atomic E-state index is 6.51. The molecule has 31 rings (SSSR count). The summed E-state index contributed by atoms with van der Waals surface area (Å²) in [6.07, 6.45) is 0. The third-order valence-corrected chi connectivity index (χ3v) is 32.4. The van der Waals surface area contributed by atoms with Crippen molar-refractivity contribution < 1.29 is 4.42 Å². The van der Waals surface area contributed by atoms with Crippen molar-refractivity contribution in [2.45, 2.75) is 19.3 Å². The Hall–Kier alpha value is -17.9. The first-order valence-corrected chi connectivity index (χ1v) is 50.7. The molecule has 0 saturated heterocycles. The van der Waals surface area contributed by atoms with Crippen LogP contribution >= 0.6 is 34.0 Å². The van der Waals surface area contributed by atoms with Crippen LogP contribution in [-0.4, -0.2) is 48.2 Å². The predicted octanol–water partition coefficient (Wildman–Crippen LogP) is 35.1. The monoisotopic (exact) mass is 1880 g/mol. The molecule has 0 aliphatic heterocycles. The Kier molecular flexibility index (Phi) is 18.7. The molecule has 0 bridgehead atoms. The zero-order valence-corrected chi connectivity index (χ0v) is 79.8. The van der Waals surface area contributed by atoms with Crippen LogP contribution in [0.2, 0.25) is 0 Å². The van der Waals surface area contributed by atoms with Gasteiger partial charge in [0.1, 0.15) is 11.2 Å². The van der Waals surface area contributed by atoms with E-state index >= 15 is 0 Å². The molecule has 0 saturated carbocycles. The molecule has 11 nitrogen and oxygen atoms in total. The molecular formula is C129H80N10OS3. The molecule has 14 heteroatoms. The van der Waals surface area contributed by atoms with E-state index in [1.165, 1.54) is 113 Å². The molecule has 1 aliphatic carbocycles. The van der Waals surface area contributed by atoms with Gasteiger partial charge in [0, 0.05) is 140 Å². The minimum absolute atomic E-state index is 0.0947. The fraction of sp³-hybridized carbons (Fsp3) is 0.0233. The minimum atomic E-state index is -0.0947. The summed E-state index contributed by atoms with van der Waals surface area (Å²) >= 11 is 5.28. The second kappa shape index (κ2) is 32.6. The van der Waals surface area contributed by atoms with E-state index in [9.17, 15) is 0 Å². The summed E-state index contributed by atoms with van der Waals surface area (Å²) in [4.78, 5) is 31.2. The van der Waals surface area contributed by atoms with Gasteiger partial charge in [0.15, 0.2) is 17.5 Å². The number of rotatable bonds is 10. The van der Waals surface area contributed by atoms with E-state index < -0.39 is 0 Å². The molecule has 0 spiro atoms. The first-order valence-electron chi connectivity index (χ1n) is 48.3. The lowest BCUT2D eigenvalue weighted by molar-refractivity contribution is 0.666. The Morgan fingerprint density at radius 1 is 0.231 bits per heavy atom. The molecule has 11 heterocycles. The highest BCUT2D eigenvalue weighted by atomic mass is 32.1. The molecule has 670 valence electrons. The van der Waals surface area contributed by atoms with E-state index in [0.717, 1.165) is 165 Å². The van der Waals surface area contributed by atoms with E-state index in [1.807, 2.05) is 24.3 Å². The maximum Gasteiger partial charge on any atom is 0.160 e. The minimum Gasteiger partial charge on any atom is -0.455 e. The van der Waals surface area contributed by atoms with Gasteiger partial charge in [-0.25, -0.2) is 29.9 Å². The van der Waals surface area contributed by atoms with E-state index in [2.05, 4.69) is 457 Å². The van der Waals surface area contributed by atoms with Crippen molar-refractivity contribution in [1.82, 2.24) is 48.2 Å². The zero-order valence-electron chi connectivity index (χ0n) is 77.3. The summed E-state index contributed by atoms with van der Waals surface area (Å²) in [5.41, 5.74) is 33.3. The molecule has 19 aromatic carbocycles. The maximum absolute atomic E-state index is 6.51. The first-order chi connectivity index (χ1) is 70.7. The van der Waals surface area contributed by atoms with Gasteiger partial charge in [-0.15, -0.1) is 34.0 Å². The molecule has 0 amide bonds. The average Bonchev–Trinajstić information content (AvgIpc) is 1.53. The molecular weight excluding hydrogens is 1800 g/mol. The fourth-order valence-electron chi connectivity index (χ4n) is 22.6. The van der Waals surface area contributed by atoms with Crippen LogP contribution in [0.5, 0.6) is 0 Å². The Labute approximate surface area is 831 Å². The van der Waals surface area contributed by atoms with Crippen molar-refractivity contribution in [2.75, 3.05) is 0 Å². The third-order valence-electron chi connectivity index (χ3n) is 28.9. The first kappa shape index (κ1) is 82.2. The van der Waals surface area contributed by atoms with Gasteiger partial charge < -0.3 is 22.7 Å². The van der Waals surface area contributed by atoms with Crippen LogP contribution in [0.25, 0.3) is 272 Å². The number of hydrogen-bond donors (Lipinski definition) is 0. The molecule has 0 radical (unpaired) electrons. The largest absolute Gasteiger partial charge is 0.455 e. The van der Waals surface area contributed by atoms with Gasteiger partial charge in [-0.2, -0.15) is 0 Å². The van der Waals surface area contributed by atoms with Crippen LogP contribution in [-0.2, 0) is 5.41 Å². The van der Waals surface area contributed by atoms with Crippen molar-refractivity contribution in [3.8, 4) is 102 Å². The smallest absolute Gasteiger partial charge is 0.160 e. The van der Waals surface area contributed by atoms with Crippen molar-refractivity contribution in [3.63, 3.8) is 0 Å². The van der Waals surface area contributed by atoms with Gasteiger partial charge >= 0.3 is 0 Å². The summed E-state index contributed by atoms with van der Waals surface area (Å²) < 4.78 is 23.1. The third kappa shape index (κ3) is 12.9. The summed E-state index contributed by atoms with van der Waals surface area (Å²) in [5.74, 6) is 2.19. The number of hydrogen-bond acceptors (Lipinski definition) is 10. The normalized spacial score (nSPS) is 12.5. The predicted molar refractivity (Wildman–Crippen MR) is 600 cm³/mol. The molecule has 11 aromatic heterocycles. The number of nitrogens with zero attached hydrogens (tertiary/aromatic N) is 10. The topological polar surface area (TPSA) is 110 Å². The van der Waals surface area contributed by atoms with Gasteiger partial charge in [0.2, 0.25) is 0 Å². The molecule has 0 fully saturated rings. The Morgan fingerprint density at radius 3 is 1.11 bits per heavy atom. The number of benzene rings is 19. The van der Waals surface area contributed by atoms with Crippen molar-refractivity contribution >= 4 is 204 Å². The number of aromatic nitrogens is 10. The zero-order chi connectivity index (χ0) is 94.2. The lowest BCUT2D eigenvalue weighted by atomic mass is 9.80. The van der Waals surface area contributed by atoms with Crippen molar-refractivity contribution in [3.05, 3.63) is 460 Å². The summed E-state index contributed by atoms with van der Waals surface area (Å²) in [6.45, 7) is 4.74. The lowest BCUT2D eigenvalue weighted by Gasteiger charge is -2.22. The highest BCUT2D eigenvalue weighted by Gasteiger charge is 2.39. The van der Waals surface area contributed by atoms with Gasteiger partial charge in [-0.1, -0.05) is 317 Å². The van der Waals surface area contributed by atoms with E-state index in [4.69, 9.17) is 34.3 Å².